The molecule has 0 aliphatic rings. The molecule has 0 saturated heterocycles. The van der Waals surface area contributed by atoms with E-state index in [9.17, 15) is 4.79 Å². The lowest BCUT2D eigenvalue weighted by atomic mass is 10.3. The van der Waals surface area contributed by atoms with Crippen LogP contribution in [0.3, 0.4) is 0 Å². The maximum atomic E-state index is 10.6. The van der Waals surface area contributed by atoms with Crippen LogP contribution in [0.25, 0.3) is 0 Å². The molecule has 0 aliphatic heterocycles. The van der Waals surface area contributed by atoms with Gasteiger partial charge in [0.2, 0.25) is 5.91 Å². The van der Waals surface area contributed by atoms with E-state index >= 15 is 0 Å². The van der Waals surface area contributed by atoms with Crippen molar-refractivity contribution in [3.8, 4) is 0 Å². The lowest BCUT2D eigenvalue weighted by Crippen LogP contribution is -2.07. The molecule has 0 rings (SSSR count). The van der Waals surface area contributed by atoms with Crippen molar-refractivity contribution in [2.24, 2.45) is 0 Å². The molecule has 0 aromatic heterocycles. The molecule has 0 radical (unpaired) electrons. The second kappa shape index (κ2) is 4.32. The van der Waals surface area contributed by atoms with Gasteiger partial charge in [-0.3, -0.25) is 4.79 Å². The average molecular weight is 245 g/mol. The Morgan fingerprint density at radius 2 is 2.12 bits per heavy atom. The summed E-state index contributed by atoms with van der Waals surface area (Å²) in [6.45, 7) is 1.96. The first-order valence-electron chi connectivity index (χ1n) is 2.33. The molecule has 0 aromatic carbocycles. The minimum Gasteiger partial charge on any atom is -0.273 e. The summed E-state index contributed by atoms with van der Waals surface area (Å²) < 4.78 is 1.24. The van der Waals surface area contributed by atoms with Crippen molar-refractivity contribution >= 4 is 38.2 Å². The Labute approximate surface area is 65.9 Å². The molecular weight excluding hydrogens is 238 g/mol. The van der Waals surface area contributed by atoms with Gasteiger partial charge >= 0.3 is 0 Å². The molecule has 0 spiro atoms. The Morgan fingerprint density at radius 1 is 1.62 bits per heavy atom. The number of halogens is 2. The van der Waals surface area contributed by atoms with Crippen LogP contribution in [0.2, 0.25) is 0 Å². The van der Waals surface area contributed by atoms with Crippen LogP contribution >= 0.6 is 32.3 Å². The smallest absolute Gasteiger partial charge is 0.242 e. The van der Waals surface area contributed by atoms with Crippen molar-refractivity contribution in [1.29, 1.82) is 0 Å². The van der Waals surface area contributed by atoms with E-state index in [0.717, 1.165) is 6.42 Å². The Hall–Kier alpha value is 0.430. The fourth-order valence-corrected chi connectivity index (χ4v) is 0.653. The third-order valence-electron chi connectivity index (χ3n) is 0.652. The molecule has 0 heterocycles. The zero-order chi connectivity index (χ0) is 6.57. The molecule has 8 heavy (non-hydrogen) atoms. The minimum atomic E-state index is 0.0486. The largest absolute Gasteiger partial charge is 0.273 e. The lowest BCUT2D eigenvalue weighted by Gasteiger charge is -2.00. The van der Waals surface area contributed by atoms with Gasteiger partial charge in [-0.15, -0.1) is 0 Å². The van der Waals surface area contributed by atoms with E-state index in [0.29, 0.717) is 6.42 Å². The zero-order valence-corrected chi connectivity index (χ0v) is 7.70. The fourth-order valence-electron chi connectivity index (χ4n) is 0.298. The number of nitrogens with zero attached hydrogens (tertiary/aromatic N) is 1. The SMILES string of the molecule is CCCC(=O)N(Br)Br. The molecule has 0 aromatic rings. The molecule has 0 aliphatic carbocycles. The van der Waals surface area contributed by atoms with Crippen LogP contribution in [0, 0.1) is 0 Å². The zero-order valence-electron chi connectivity index (χ0n) is 4.53. The molecule has 4 heteroatoms. The van der Waals surface area contributed by atoms with Gasteiger partial charge in [-0.05, 0) is 6.42 Å². The summed E-state index contributed by atoms with van der Waals surface area (Å²) in [4.78, 5) is 10.6. The van der Waals surface area contributed by atoms with Gasteiger partial charge in [-0.1, -0.05) is 6.92 Å². The minimum absolute atomic E-state index is 0.0486. The Bertz CT molecular complexity index is 84.1. The Balaban J connectivity index is 3.33. The van der Waals surface area contributed by atoms with Crippen LogP contribution < -0.4 is 0 Å². The predicted molar refractivity (Wildman–Crippen MR) is 39.6 cm³/mol. The van der Waals surface area contributed by atoms with Crippen LogP contribution in [0.4, 0.5) is 0 Å². The molecule has 0 bridgehead atoms. The van der Waals surface area contributed by atoms with Crippen molar-refractivity contribution in [3.63, 3.8) is 0 Å². The molecule has 2 nitrogen and oxygen atoms in total. The number of rotatable bonds is 2. The van der Waals surface area contributed by atoms with Gasteiger partial charge in [0.25, 0.3) is 0 Å². The van der Waals surface area contributed by atoms with Gasteiger partial charge in [-0.25, -0.2) is 2.95 Å². The summed E-state index contributed by atoms with van der Waals surface area (Å²) in [5.41, 5.74) is 0. The first kappa shape index (κ1) is 8.43. The van der Waals surface area contributed by atoms with Crippen LogP contribution in [0.1, 0.15) is 19.8 Å². The standard InChI is InChI=1S/C4H7Br2NO/c1-2-3-4(8)7(5)6/h2-3H2,1H3. The molecule has 1 amide bonds. The summed E-state index contributed by atoms with van der Waals surface area (Å²) in [5, 5.41) is 0. The highest BCUT2D eigenvalue weighted by Gasteiger charge is 2.02. The number of carbonyl (C=O) groups excluding carboxylic acids is 1. The van der Waals surface area contributed by atoms with Crippen molar-refractivity contribution < 1.29 is 4.79 Å². The monoisotopic (exact) mass is 243 g/mol. The van der Waals surface area contributed by atoms with Gasteiger partial charge in [0, 0.05) is 6.42 Å². The van der Waals surface area contributed by atoms with E-state index in [1.54, 1.807) is 0 Å². The second-order valence-corrected chi connectivity index (χ2v) is 3.75. The van der Waals surface area contributed by atoms with E-state index in [2.05, 4.69) is 32.3 Å². The normalized spacial score (nSPS) is 8.88. The van der Waals surface area contributed by atoms with Crippen LogP contribution in [-0.2, 0) is 4.79 Å². The average Bonchev–Trinajstić information content (AvgIpc) is 1.67. The van der Waals surface area contributed by atoms with Crippen LogP contribution in [0.5, 0.6) is 0 Å². The van der Waals surface area contributed by atoms with Crippen LogP contribution in [0.15, 0.2) is 0 Å². The van der Waals surface area contributed by atoms with Crippen LogP contribution in [-0.4, -0.2) is 8.86 Å². The maximum Gasteiger partial charge on any atom is 0.242 e. The molecule has 0 atom stereocenters. The molecule has 0 N–H and O–H groups in total. The van der Waals surface area contributed by atoms with Gasteiger partial charge < -0.3 is 0 Å². The van der Waals surface area contributed by atoms with Gasteiger partial charge in [0.1, 0.15) is 0 Å². The van der Waals surface area contributed by atoms with Crippen molar-refractivity contribution in [1.82, 2.24) is 2.95 Å². The topological polar surface area (TPSA) is 20.3 Å². The number of hydrogen-bond donors (Lipinski definition) is 0. The molecule has 0 fully saturated rings. The number of amides is 1. The van der Waals surface area contributed by atoms with E-state index in [1.165, 1.54) is 2.95 Å². The van der Waals surface area contributed by atoms with Crippen molar-refractivity contribution in [2.45, 2.75) is 19.8 Å². The first-order valence-corrected chi connectivity index (χ1v) is 3.75. The number of hydrogen-bond acceptors (Lipinski definition) is 1. The highest BCUT2D eigenvalue weighted by molar-refractivity contribution is 9.21. The Morgan fingerprint density at radius 3 is 2.25 bits per heavy atom. The van der Waals surface area contributed by atoms with Crippen molar-refractivity contribution in [3.05, 3.63) is 0 Å². The summed E-state index contributed by atoms with van der Waals surface area (Å²) in [7, 11) is 0. The van der Waals surface area contributed by atoms with Gasteiger partial charge in [-0.2, -0.15) is 0 Å². The molecule has 0 unspecified atom stereocenters. The van der Waals surface area contributed by atoms with E-state index < -0.39 is 0 Å². The van der Waals surface area contributed by atoms with Gasteiger partial charge in [0.05, 0.1) is 32.3 Å². The van der Waals surface area contributed by atoms with E-state index in [1.807, 2.05) is 6.92 Å². The first-order chi connectivity index (χ1) is 3.68. The second-order valence-electron chi connectivity index (χ2n) is 1.38. The molecule has 48 valence electrons. The fraction of sp³-hybridized carbons (Fsp3) is 0.750. The number of carbonyl (C=O) groups is 1. The summed E-state index contributed by atoms with van der Waals surface area (Å²) in [6, 6.07) is 0. The van der Waals surface area contributed by atoms with E-state index in [4.69, 9.17) is 0 Å². The van der Waals surface area contributed by atoms with Crippen molar-refractivity contribution in [2.75, 3.05) is 0 Å². The highest BCUT2D eigenvalue weighted by Crippen LogP contribution is 2.08. The predicted octanol–water partition coefficient (Wildman–Crippen LogP) is 2.23. The summed E-state index contributed by atoms with van der Waals surface area (Å²) in [5.74, 6) is 0.0486. The quantitative estimate of drug-likeness (QED) is 0.683. The Kier molecular flexibility index (Phi) is 4.56. The van der Waals surface area contributed by atoms with E-state index in [-0.39, 0.29) is 5.91 Å². The third-order valence-corrected chi connectivity index (χ3v) is 1.44. The van der Waals surface area contributed by atoms with Gasteiger partial charge in [0.15, 0.2) is 0 Å². The summed E-state index contributed by atoms with van der Waals surface area (Å²) in [6.07, 6.45) is 1.46. The lowest BCUT2D eigenvalue weighted by molar-refractivity contribution is -0.122. The summed E-state index contributed by atoms with van der Waals surface area (Å²) >= 11 is 5.88. The maximum absolute atomic E-state index is 10.6. The highest BCUT2D eigenvalue weighted by atomic mass is 79.9. The molecule has 0 saturated carbocycles. The third kappa shape index (κ3) is 3.43. The molecular formula is C4H7Br2NO.